The van der Waals surface area contributed by atoms with Gasteiger partial charge in [-0.1, -0.05) is 12.1 Å². The fraction of sp³-hybridized carbons (Fsp3) is 0.364. The SMILES string of the molecule is NCc1cccc(N2CC[C@H](O)C2=O)c1. The van der Waals surface area contributed by atoms with Gasteiger partial charge in [-0.25, -0.2) is 0 Å². The highest BCUT2D eigenvalue weighted by Gasteiger charge is 2.30. The highest BCUT2D eigenvalue weighted by Crippen LogP contribution is 2.22. The lowest BCUT2D eigenvalue weighted by atomic mass is 10.2. The predicted octanol–water partition coefficient (Wildman–Crippen LogP) is 0.243. The number of amides is 1. The van der Waals surface area contributed by atoms with Gasteiger partial charge in [0.05, 0.1) is 0 Å². The molecule has 2 rings (SSSR count). The molecule has 3 N–H and O–H groups in total. The molecule has 0 spiro atoms. The minimum absolute atomic E-state index is 0.218. The Morgan fingerprint density at radius 1 is 1.53 bits per heavy atom. The quantitative estimate of drug-likeness (QED) is 0.728. The Hall–Kier alpha value is -1.39. The Bertz CT molecular complexity index is 379. The number of nitrogens with two attached hydrogens (primary N) is 1. The molecule has 4 nitrogen and oxygen atoms in total. The van der Waals surface area contributed by atoms with Gasteiger partial charge in [-0.3, -0.25) is 4.79 Å². The summed E-state index contributed by atoms with van der Waals surface area (Å²) < 4.78 is 0. The Kier molecular flexibility index (Phi) is 2.70. The first-order valence-corrected chi connectivity index (χ1v) is 5.01. The van der Waals surface area contributed by atoms with Crippen molar-refractivity contribution < 1.29 is 9.90 Å². The van der Waals surface area contributed by atoms with E-state index in [1.807, 2.05) is 24.3 Å². The average molecular weight is 206 g/mol. The van der Waals surface area contributed by atoms with E-state index in [-0.39, 0.29) is 5.91 Å². The Balaban J connectivity index is 2.26. The molecule has 1 atom stereocenters. The molecule has 1 amide bonds. The highest BCUT2D eigenvalue weighted by atomic mass is 16.3. The van der Waals surface area contributed by atoms with E-state index < -0.39 is 6.10 Å². The summed E-state index contributed by atoms with van der Waals surface area (Å²) >= 11 is 0. The number of aliphatic hydroxyl groups is 1. The summed E-state index contributed by atoms with van der Waals surface area (Å²) in [5, 5.41) is 9.34. The summed E-state index contributed by atoms with van der Waals surface area (Å²) in [5.74, 6) is -0.218. The van der Waals surface area contributed by atoms with Gasteiger partial charge in [0.15, 0.2) is 0 Å². The van der Waals surface area contributed by atoms with Crippen molar-refractivity contribution in [2.75, 3.05) is 11.4 Å². The van der Waals surface area contributed by atoms with Crippen LogP contribution in [0.25, 0.3) is 0 Å². The van der Waals surface area contributed by atoms with Crippen LogP contribution in [0.5, 0.6) is 0 Å². The Labute approximate surface area is 88.3 Å². The minimum Gasteiger partial charge on any atom is -0.383 e. The first-order valence-electron chi connectivity index (χ1n) is 5.01. The second-order valence-corrected chi connectivity index (χ2v) is 3.67. The van der Waals surface area contributed by atoms with Crippen LogP contribution < -0.4 is 10.6 Å². The van der Waals surface area contributed by atoms with Crippen molar-refractivity contribution >= 4 is 11.6 Å². The van der Waals surface area contributed by atoms with Crippen molar-refractivity contribution in [1.29, 1.82) is 0 Å². The van der Waals surface area contributed by atoms with Crippen LogP contribution in [0, 0.1) is 0 Å². The summed E-state index contributed by atoms with van der Waals surface area (Å²) in [6.07, 6.45) is -0.336. The number of benzene rings is 1. The van der Waals surface area contributed by atoms with Crippen LogP contribution in [0.15, 0.2) is 24.3 Å². The van der Waals surface area contributed by atoms with E-state index in [9.17, 15) is 9.90 Å². The van der Waals surface area contributed by atoms with E-state index in [0.29, 0.717) is 19.5 Å². The van der Waals surface area contributed by atoms with Gasteiger partial charge in [-0.15, -0.1) is 0 Å². The monoisotopic (exact) mass is 206 g/mol. The van der Waals surface area contributed by atoms with E-state index in [0.717, 1.165) is 11.3 Å². The number of hydrogen-bond donors (Lipinski definition) is 2. The summed E-state index contributed by atoms with van der Waals surface area (Å²) in [6.45, 7) is 1.03. The van der Waals surface area contributed by atoms with Gasteiger partial charge >= 0.3 is 0 Å². The maximum Gasteiger partial charge on any atom is 0.255 e. The Morgan fingerprint density at radius 2 is 2.33 bits per heavy atom. The largest absolute Gasteiger partial charge is 0.383 e. The number of aliphatic hydroxyl groups excluding tert-OH is 1. The highest BCUT2D eigenvalue weighted by molar-refractivity contribution is 5.98. The second kappa shape index (κ2) is 4.00. The maximum atomic E-state index is 11.6. The molecule has 1 aromatic rings. The zero-order valence-electron chi connectivity index (χ0n) is 8.39. The zero-order chi connectivity index (χ0) is 10.8. The fourth-order valence-electron chi connectivity index (χ4n) is 1.77. The smallest absolute Gasteiger partial charge is 0.255 e. The molecule has 1 saturated heterocycles. The third-order valence-corrected chi connectivity index (χ3v) is 2.64. The van der Waals surface area contributed by atoms with Crippen molar-refractivity contribution in [3.8, 4) is 0 Å². The number of nitrogens with zero attached hydrogens (tertiary/aromatic N) is 1. The molecule has 1 aliphatic heterocycles. The van der Waals surface area contributed by atoms with E-state index in [1.54, 1.807) is 4.90 Å². The molecule has 4 heteroatoms. The van der Waals surface area contributed by atoms with Crippen LogP contribution in [0.4, 0.5) is 5.69 Å². The number of rotatable bonds is 2. The van der Waals surface area contributed by atoms with Crippen LogP contribution in [0.1, 0.15) is 12.0 Å². The Morgan fingerprint density at radius 3 is 2.93 bits per heavy atom. The molecule has 1 aromatic carbocycles. The van der Waals surface area contributed by atoms with Gasteiger partial charge in [0.2, 0.25) is 0 Å². The molecule has 0 aromatic heterocycles. The van der Waals surface area contributed by atoms with Crippen molar-refractivity contribution in [3.63, 3.8) is 0 Å². The molecule has 0 radical (unpaired) electrons. The standard InChI is InChI=1S/C11H14N2O2/c12-7-8-2-1-3-9(6-8)13-5-4-10(14)11(13)15/h1-3,6,10,14H,4-5,7,12H2/t10-/m0/s1. The molecule has 1 aliphatic rings. The normalized spacial score (nSPS) is 21.1. The van der Waals surface area contributed by atoms with Gasteiger partial charge in [-0.05, 0) is 17.7 Å². The van der Waals surface area contributed by atoms with E-state index in [2.05, 4.69) is 0 Å². The number of carbonyl (C=O) groups excluding carboxylic acids is 1. The molecule has 15 heavy (non-hydrogen) atoms. The van der Waals surface area contributed by atoms with Crippen LogP contribution in [-0.2, 0) is 11.3 Å². The lowest BCUT2D eigenvalue weighted by Gasteiger charge is -2.16. The number of carbonyl (C=O) groups is 1. The molecular weight excluding hydrogens is 192 g/mol. The molecule has 1 fully saturated rings. The molecular formula is C11H14N2O2. The van der Waals surface area contributed by atoms with Crippen LogP contribution in [0.3, 0.4) is 0 Å². The van der Waals surface area contributed by atoms with Crippen LogP contribution >= 0.6 is 0 Å². The lowest BCUT2D eigenvalue weighted by Crippen LogP contribution is -2.29. The van der Waals surface area contributed by atoms with Crippen LogP contribution in [0.2, 0.25) is 0 Å². The molecule has 0 aliphatic carbocycles. The van der Waals surface area contributed by atoms with Gasteiger partial charge in [-0.2, -0.15) is 0 Å². The summed E-state index contributed by atoms with van der Waals surface area (Å²) in [6, 6.07) is 7.53. The van der Waals surface area contributed by atoms with Crippen molar-refractivity contribution in [3.05, 3.63) is 29.8 Å². The minimum atomic E-state index is -0.841. The first kappa shape index (κ1) is 10.1. The maximum absolute atomic E-state index is 11.6. The van der Waals surface area contributed by atoms with Gasteiger partial charge in [0, 0.05) is 25.2 Å². The number of hydrogen-bond acceptors (Lipinski definition) is 3. The van der Waals surface area contributed by atoms with E-state index in [1.165, 1.54) is 0 Å². The van der Waals surface area contributed by atoms with Crippen LogP contribution in [-0.4, -0.2) is 23.7 Å². The van der Waals surface area contributed by atoms with Crippen molar-refractivity contribution in [2.45, 2.75) is 19.1 Å². The first-order chi connectivity index (χ1) is 7.22. The molecule has 0 saturated carbocycles. The van der Waals surface area contributed by atoms with E-state index in [4.69, 9.17) is 5.73 Å². The van der Waals surface area contributed by atoms with Gasteiger partial charge in [0.1, 0.15) is 6.10 Å². The van der Waals surface area contributed by atoms with Gasteiger partial charge < -0.3 is 15.7 Å². The number of anilines is 1. The molecule has 1 heterocycles. The van der Waals surface area contributed by atoms with Crippen molar-refractivity contribution in [1.82, 2.24) is 0 Å². The summed E-state index contributed by atoms with van der Waals surface area (Å²) in [5.41, 5.74) is 7.33. The lowest BCUT2D eigenvalue weighted by molar-refractivity contribution is -0.123. The third-order valence-electron chi connectivity index (χ3n) is 2.64. The topological polar surface area (TPSA) is 66.6 Å². The van der Waals surface area contributed by atoms with Gasteiger partial charge in [0.25, 0.3) is 5.91 Å². The fourth-order valence-corrected chi connectivity index (χ4v) is 1.77. The third kappa shape index (κ3) is 1.86. The van der Waals surface area contributed by atoms with E-state index >= 15 is 0 Å². The average Bonchev–Trinajstić information content (AvgIpc) is 2.60. The predicted molar refractivity (Wildman–Crippen MR) is 57.3 cm³/mol. The summed E-state index contributed by atoms with van der Waals surface area (Å²) in [7, 11) is 0. The zero-order valence-corrected chi connectivity index (χ0v) is 8.39. The molecule has 0 bridgehead atoms. The molecule has 0 unspecified atom stereocenters. The molecule has 80 valence electrons. The van der Waals surface area contributed by atoms with Crippen molar-refractivity contribution in [2.24, 2.45) is 5.73 Å². The second-order valence-electron chi connectivity index (χ2n) is 3.67. The summed E-state index contributed by atoms with van der Waals surface area (Å²) in [4.78, 5) is 13.2.